The third-order valence-corrected chi connectivity index (χ3v) is 2.81. The first-order chi connectivity index (χ1) is 5.06. The normalized spacial score (nSPS) is 12.0. The van der Waals surface area contributed by atoms with Crippen LogP contribution in [0, 0.1) is 0 Å². The van der Waals surface area contributed by atoms with Crippen molar-refractivity contribution >= 4 is 23.4 Å². The third-order valence-electron chi connectivity index (χ3n) is 1.45. The first-order valence-electron chi connectivity index (χ1n) is 3.11. The molecule has 1 aromatic heterocycles. The van der Waals surface area contributed by atoms with Crippen LogP contribution in [0.3, 0.4) is 0 Å². The minimum atomic E-state index is -0.128. The Morgan fingerprint density at radius 2 is 2.18 bits per heavy atom. The number of nitrogens with zero attached hydrogens (tertiary/aromatic N) is 2. The highest BCUT2D eigenvalue weighted by Crippen LogP contribution is 2.31. The number of halogens is 1. The van der Waals surface area contributed by atoms with Gasteiger partial charge >= 0.3 is 5.35 Å². The van der Waals surface area contributed by atoms with Gasteiger partial charge in [-0.3, -0.25) is 0 Å². The van der Waals surface area contributed by atoms with E-state index in [4.69, 9.17) is 11.6 Å². The molecule has 0 aliphatic carbocycles. The molecule has 0 aliphatic heterocycles. The van der Waals surface area contributed by atoms with Crippen molar-refractivity contribution in [3.63, 3.8) is 0 Å². The quantitative estimate of drug-likeness (QED) is 0.721. The molecule has 0 aromatic carbocycles. The lowest BCUT2D eigenvalue weighted by Crippen LogP contribution is -2.13. The summed E-state index contributed by atoms with van der Waals surface area (Å²) in [6.45, 7) is 4.03. The predicted molar refractivity (Wildman–Crippen MR) is 45.8 cm³/mol. The summed E-state index contributed by atoms with van der Waals surface area (Å²) in [5, 5.41) is 3.82. The first kappa shape index (κ1) is 8.87. The highest BCUT2D eigenvalue weighted by Gasteiger charge is 2.24. The van der Waals surface area contributed by atoms with Crippen LogP contribution >= 0.6 is 23.4 Å². The minimum absolute atomic E-state index is 0.0992. The second kappa shape index (κ2) is 3.03. The molecule has 0 spiro atoms. The third kappa shape index (κ3) is 1.87. The average Bonchev–Trinajstić information content (AvgIpc) is 2.36. The van der Waals surface area contributed by atoms with E-state index in [2.05, 4.69) is 14.7 Å². The molecule has 3 nitrogen and oxygen atoms in total. The molecular formula is C6H9ClN2OS. The molecule has 1 aromatic rings. The van der Waals surface area contributed by atoms with Gasteiger partial charge in [0.25, 0.3) is 0 Å². The Hall–Kier alpha value is -0.220. The van der Waals surface area contributed by atoms with Gasteiger partial charge in [-0.1, -0.05) is 5.16 Å². The molecule has 0 N–H and O–H groups in total. The van der Waals surface area contributed by atoms with E-state index < -0.39 is 0 Å². The largest absolute Gasteiger partial charge is 0.321 e. The van der Waals surface area contributed by atoms with Gasteiger partial charge in [0.15, 0.2) is 5.82 Å². The minimum Gasteiger partial charge on any atom is -0.321 e. The maximum atomic E-state index is 5.47. The van der Waals surface area contributed by atoms with Crippen molar-refractivity contribution in [2.24, 2.45) is 0 Å². The summed E-state index contributed by atoms with van der Waals surface area (Å²) in [6, 6.07) is 0. The summed E-state index contributed by atoms with van der Waals surface area (Å²) >= 11 is 7.12. The standard InChI is InChI=1S/C6H9ClN2OS/c1-6(2,11-3)4-8-5(7)10-9-4/h1-3H3. The summed E-state index contributed by atoms with van der Waals surface area (Å²) in [6.07, 6.45) is 1.99. The van der Waals surface area contributed by atoms with Crippen LogP contribution in [0.15, 0.2) is 4.52 Å². The molecule has 5 heteroatoms. The van der Waals surface area contributed by atoms with Crippen LogP contribution in [0.4, 0.5) is 0 Å². The molecule has 0 saturated carbocycles. The molecule has 0 fully saturated rings. The van der Waals surface area contributed by atoms with E-state index in [1.54, 1.807) is 11.8 Å². The summed E-state index contributed by atoms with van der Waals surface area (Å²) in [7, 11) is 0. The fraction of sp³-hybridized carbons (Fsp3) is 0.667. The number of hydrogen-bond acceptors (Lipinski definition) is 4. The molecule has 0 radical (unpaired) electrons. The van der Waals surface area contributed by atoms with Crippen LogP contribution < -0.4 is 0 Å². The molecule has 0 unspecified atom stereocenters. The van der Waals surface area contributed by atoms with Crippen molar-refractivity contribution in [2.75, 3.05) is 6.26 Å². The van der Waals surface area contributed by atoms with E-state index in [0.29, 0.717) is 5.82 Å². The van der Waals surface area contributed by atoms with Crippen molar-refractivity contribution in [3.8, 4) is 0 Å². The Morgan fingerprint density at radius 1 is 1.55 bits per heavy atom. The van der Waals surface area contributed by atoms with Gasteiger partial charge in [-0.2, -0.15) is 16.7 Å². The second-order valence-electron chi connectivity index (χ2n) is 2.59. The van der Waals surface area contributed by atoms with Crippen LogP contribution in [0.5, 0.6) is 0 Å². The van der Waals surface area contributed by atoms with E-state index in [1.807, 2.05) is 20.1 Å². The Balaban J connectivity index is 2.92. The zero-order chi connectivity index (χ0) is 8.48. The maximum Gasteiger partial charge on any atom is 0.320 e. The lowest BCUT2D eigenvalue weighted by atomic mass is 10.2. The zero-order valence-corrected chi connectivity index (χ0v) is 8.16. The van der Waals surface area contributed by atoms with Gasteiger partial charge in [-0.25, -0.2) is 0 Å². The summed E-state index contributed by atoms with van der Waals surface area (Å²) in [5.74, 6) is 0.634. The van der Waals surface area contributed by atoms with E-state index in [0.717, 1.165) is 0 Å². The fourth-order valence-electron chi connectivity index (χ4n) is 0.541. The van der Waals surface area contributed by atoms with Crippen LogP contribution in [-0.2, 0) is 4.75 Å². The highest BCUT2D eigenvalue weighted by atomic mass is 35.5. The highest BCUT2D eigenvalue weighted by molar-refractivity contribution is 7.99. The lowest BCUT2D eigenvalue weighted by Gasteiger charge is -2.15. The van der Waals surface area contributed by atoms with Crippen LogP contribution in [-0.4, -0.2) is 16.4 Å². The predicted octanol–water partition coefficient (Wildman–Crippen LogP) is 2.32. The molecule has 11 heavy (non-hydrogen) atoms. The van der Waals surface area contributed by atoms with Crippen molar-refractivity contribution < 1.29 is 4.52 Å². The Bertz CT molecular complexity index is 248. The maximum absolute atomic E-state index is 5.47. The van der Waals surface area contributed by atoms with Crippen molar-refractivity contribution in [1.29, 1.82) is 0 Å². The Morgan fingerprint density at radius 3 is 2.55 bits per heavy atom. The van der Waals surface area contributed by atoms with Crippen LogP contribution in [0.2, 0.25) is 5.35 Å². The Labute approximate surface area is 74.5 Å². The topological polar surface area (TPSA) is 38.9 Å². The van der Waals surface area contributed by atoms with E-state index in [1.165, 1.54) is 0 Å². The average molecular weight is 193 g/mol. The van der Waals surface area contributed by atoms with E-state index in [-0.39, 0.29) is 10.1 Å². The number of thioether (sulfide) groups is 1. The van der Waals surface area contributed by atoms with Crippen LogP contribution in [0.1, 0.15) is 19.7 Å². The summed E-state index contributed by atoms with van der Waals surface area (Å²) in [4.78, 5) is 3.92. The zero-order valence-electron chi connectivity index (χ0n) is 6.59. The molecule has 0 amide bonds. The van der Waals surface area contributed by atoms with Gasteiger partial charge in [-0.05, 0) is 31.7 Å². The smallest absolute Gasteiger partial charge is 0.320 e. The molecule has 1 rings (SSSR count). The Kier molecular flexibility index (Phi) is 2.44. The molecule has 0 atom stereocenters. The van der Waals surface area contributed by atoms with E-state index in [9.17, 15) is 0 Å². The summed E-state index contributed by atoms with van der Waals surface area (Å²) in [5.41, 5.74) is 0. The van der Waals surface area contributed by atoms with Crippen molar-refractivity contribution in [2.45, 2.75) is 18.6 Å². The van der Waals surface area contributed by atoms with Gasteiger partial charge in [-0.15, -0.1) is 0 Å². The number of aromatic nitrogens is 2. The molecule has 0 aliphatic rings. The first-order valence-corrected chi connectivity index (χ1v) is 4.71. The molecule has 1 heterocycles. The van der Waals surface area contributed by atoms with Crippen molar-refractivity contribution in [3.05, 3.63) is 11.2 Å². The van der Waals surface area contributed by atoms with E-state index >= 15 is 0 Å². The SMILES string of the molecule is CSC(C)(C)c1noc(Cl)n1. The van der Waals surface area contributed by atoms with Gasteiger partial charge in [0.05, 0.1) is 4.75 Å². The second-order valence-corrected chi connectivity index (χ2v) is 4.34. The molecule has 0 saturated heterocycles. The van der Waals surface area contributed by atoms with Crippen LogP contribution in [0.25, 0.3) is 0 Å². The van der Waals surface area contributed by atoms with Gasteiger partial charge in [0.1, 0.15) is 0 Å². The number of rotatable bonds is 2. The monoisotopic (exact) mass is 192 g/mol. The van der Waals surface area contributed by atoms with Gasteiger partial charge < -0.3 is 4.52 Å². The summed E-state index contributed by atoms with van der Waals surface area (Å²) < 4.78 is 4.52. The lowest BCUT2D eigenvalue weighted by molar-refractivity contribution is 0.406. The molecular weight excluding hydrogens is 184 g/mol. The van der Waals surface area contributed by atoms with Gasteiger partial charge in [0, 0.05) is 0 Å². The van der Waals surface area contributed by atoms with Gasteiger partial charge in [0.2, 0.25) is 0 Å². The molecule has 0 bridgehead atoms. The molecule has 62 valence electrons. The number of hydrogen-bond donors (Lipinski definition) is 0. The fourth-order valence-corrected chi connectivity index (χ4v) is 0.921. The van der Waals surface area contributed by atoms with Crippen molar-refractivity contribution in [1.82, 2.24) is 10.1 Å².